The van der Waals surface area contributed by atoms with Crippen LogP contribution in [0.15, 0.2) is 164 Å². The molecule has 8 aromatic carbocycles. The Kier molecular flexibility index (Phi) is 6.27. The van der Waals surface area contributed by atoms with Crippen LogP contribution in [0, 0.1) is 0 Å². The molecule has 258 valence electrons. The molecule has 1 aliphatic carbocycles. The number of hydrogen-bond donors (Lipinski definition) is 0. The Morgan fingerprint density at radius 1 is 0.473 bits per heavy atom. The molecule has 3 aromatic heterocycles. The van der Waals surface area contributed by atoms with Crippen molar-refractivity contribution in [2.24, 2.45) is 0 Å². The van der Waals surface area contributed by atoms with Gasteiger partial charge in [0.1, 0.15) is 5.82 Å². The summed E-state index contributed by atoms with van der Waals surface area (Å²) in [6, 6.07) is 59.9. The predicted molar refractivity (Wildman–Crippen MR) is 233 cm³/mol. The molecule has 0 amide bonds. The second-order valence-corrected chi connectivity index (χ2v) is 16.5. The van der Waals surface area contributed by atoms with Gasteiger partial charge in [0.25, 0.3) is 0 Å². The maximum absolute atomic E-state index is 5.54. The second kappa shape index (κ2) is 11.2. The molecule has 12 rings (SSSR count). The van der Waals surface area contributed by atoms with Gasteiger partial charge in [-0.25, -0.2) is 9.97 Å². The first-order chi connectivity index (χ1) is 27.0. The summed E-state index contributed by atoms with van der Waals surface area (Å²) in [4.78, 5) is 10.8. The van der Waals surface area contributed by atoms with Crippen LogP contribution in [-0.4, -0.2) is 14.5 Å². The van der Waals surface area contributed by atoms with Crippen LogP contribution in [0.25, 0.3) is 103 Å². The quantitative estimate of drug-likeness (QED) is 0.182. The van der Waals surface area contributed by atoms with E-state index in [9.17, 15) is 0 Å². The standard InChI is InChI=1S/C51H33N3S/c1-51(2)41-18-8-5-14-34(41)35-24-22-33(28-42(35)51)32-23-25-44-39(27-32)40-26-30-12-3-4-13-31(30)29-45(40)54(44)50-36-15-6-9-19-43(36)52-49(53-50)38-17-11-21-47-48(38)37-16-7-10-20-46(37)55-47/h3-29H,1-2H3. The van der Waals surface area contributed by atoms with Crippen molar-refractivity contribution < 1.29 is 0 Å². The third-order valence-electron chi connectivity index (χ3n) is 12.0. The van der Waals surface area contributed by atoms with Crippen molar-refractivity contribution in [1.29, 1.82) is 0 Å². The van der Waals surface area contributed by atoms with Gasteiger partial charge < -0.3 is 0 Å². The zero-order valence-electron chi connectivity index (χ0n) is 30.3. The number of rotatable bonds is 3. The van der Waals surface area contributed by atoms with Crippen LogP contribution >= 0.6 is 11.3 Å². The Labute approximate surface area is 321 Å². The second-order valence-electron chi connectivity index (χ2n) is 15.4. The lowest BCUT2D eigenvalue weighted by molar-refractivity contribution is 0.660. The average molecular weight is 720 g/mol. The van der Waals surface area contributed by atoms with Gasteiger partial charge >= 0.3 is 0 Å². The van der Waals surface area contributed by atoms with E-state index in [0.717, 1.165) is 39.1 Å². The van der Waals surface area contributed by atoms with Crippen LogP contribution < -0.4 is 0 Å². The van der Waals surface area contributed by atoms with Crippen molar-refractivity contribution in [2.45, 2.75) is 19.3 Å². The lowest BCUT2D eigenvalue weighted by atomic mass is 9.81. The van der Waals surface area contributed by atoms with Gasteiger partial charge in [-0.05, 0) is 98.8 Å². The normalized spacial score (nSPS) is 13.4. The van der Waals surface area contributed by atoms with E-state index in [4.69, 9.17) is 9.97 Å². The van der Waals surface area contributed by atoms with Crippen LogP contribution in [0.2, 0.25) is 0 Å². The number of benzene rings is 8. The highest BCUT2D eigenvalue weighted by molar-refractivity contribution is 7.25. The Morgan fingerprint density at radius 2 is 1.15 bits per heavy atom. The van der Waals surface area contributed by atoms with Crippen LogP contribution in [0.5, 0.6) is 0 Å². The van der Waals surface area contributed by atoms with Gasteiger partial charge in [-0.2, -0.15) is 0 Å². The monoisotopic (exact) mass is 719 g/mol. The Balaban J connectivity index is 1.13. The molecule has 4 heteroatoms. The third-order valence-corrected chi connectivity index (χ3v) is 13.1. The van der Waals surface area contributed by atoms with Crippen molar-refractivity contribution in [3.63, 3.8) is 0 Å². The summed E-state index contributed by atoms with van der Waals surface area (Å²) in [6.07, 6.45) is 0. The first-order valence-electron chi connectivity index (χ1n) is 18.9. The molecule has 0 spiro atoms. The lowest BCUT2D eigenvalue weighted by Crippen LogP contribution is -2.14. The molecule has 3 nitrogen and oxygen atoms in total. The van der Waals surface area contributed by atoms with Gasteiger partial charge in [0.2, 0.25) is 0 Å². The van der Waals surface area contributed by atoms with Gasteiger partial charge in [0, 0.05) is 47.3 Å². The minimum Gasteiger partial charge on any atom is -0.293 e. The van der Waals surface area contributed by atoms with E-state index >= 15 is 0 Å². The molecule has 0 saturated carbocycles. The van der Waals surface area contributed by atoms with Gasteiger partial charge in [0.05, 0.1) is 16.6 Å². The summed E-state index contributed by atoms with van der Waals surface area (Å²) < 4.78 is 4.89. The van der Waals surface area contributed by atoms with E-state index in [2.05, 4.69) is 182 Å². The van der Waals surface area contributed by atoms with Crippen LogP contribution in [-0.2, 0) is 5.41 Å². The summed E-state index contributed by atoms with van der Waals surface area (Å²) in [5.74, 6) is 1.62. The summed E-state index contributed by atoms with van der Waals surface area (Å²) in [6.45, 7) is 4.70. The predicted octanol–water partition coefficient (Wildman–Crippen LogP) is 13.9. The van der Waals surface area contributed by atoms with Crippen LogP contribution in [0.3, 0.4) is 0 Å². The largest absolute Gasteiger partial charge is 0.293 e. The molecule has 0 saturated heterocycles. The molecule has 11 aromatic rings. The first kappa shape index (κ1) is 30.8. The van der Waals surface area contributed by atoms with Gasteiger partial charge in [-0.1, -0.05) is 123 Å². The maximum atomic E-state index is 5.54. The minimum atomic E-state index is -0.0631. The fourth-order valence-electron chi connectivity index (χ4n) is 9.31. The molecule has 0 bridgehead atoms. The molecule has 0 aliphatic heterocycles. The summed E-state index contributed by atoms with van der Waals surface area (Å²) in [5.41, 5.74) is 12.1. The summed E-state index contributed by atoms with van der Waals surface area (Å²) in [7, 11) is 0. The molecule has 0 fully saturated rings. The summed E-state index contributed by atoms with van der Waals surface area (Å²) >= 11 is 1.82. The number of nitrogens with zero attached hydrogens (tertiary/aromatic N) is 3. The van der Waals surface area contributed by atoms with Crippen molar-refractivity contribution in [3.05, 3.63) is 175 Å². The molecule has 0 N–H and O–H groups in total. The molecule has 0 radical (unpaired) electrons. The number of hydrogen-bond acceptors (Lipinski definition) is 3. The maximum Gasteiger partial charge on any atom is 0.162 e. The highest BCUT2D eigenvalue weighted by Gasteiger charge is 2.35. The van der Waals surface area contributed by atoms with E-state index in [1.54, 1.807) is 0 Å². The van der Waals surface area contributed by atoms with Crippen LogP contribution in [0.4, 0.5) is 0 Å². The lowest BCUT2D eigenvalue weighted by Gasteiger charge is -2.22. The molecule has 0 unspecified atom stereocenters. The Hall–Kier alpha value is -6.62. The van der Waals surface area contributed by atoms with E-state index < -0.39 is 0 Å². The van der Waals surface area contributed by atoms with E-state index in [-0.39, 0.29) is 5.41 Å². The Bertz CT molecular complexity index is 3420. The zero-order chi connectivity index (χ0) is 36.4. The fraction of sp³-hybridized carbons (Fsp3) is 0.0588. The highest BCUT2D eigenvalue weighted by atomic mass is 32.1. The third kappa shape index (κ3) is 4.37. The van der Waals surface area contributed by atoms with Gasteiger partial charge in [-0.15, -0.1) is 11.3 Å². The SMILES string of the molecule is CC1(C)c2ccccc2-c2ccc(-c3ccc4c(c3)c3cc5ccccc5cc3n4-c3nc(-c4cccc5sc6ccccc6c45)nc4ccccc34)cc21. The Morgan fingerprint density at radius 3 is 2.05 bits per heavy atom. The van der Waals surface area contributed by atoms with Crippen molar-refractivity contribution in [1.82, 2.24) is 14.5 Å². The summed E-state index contributed by atoms with van der Waals surface area (Å²) in [5, 5.41) is 8.31. The van der Waals surface area contributed by atoms with E-state index in [1.807, 2.05) is 11.3 Å². The molecular formula is C51H33N3S. The van der Waals surface area contributed by atoms with Crippen molar-refractivity contribution in [3.8, 4) is 39.5 Å². The van der Waals surface area contributed by atoms with Gasteiger partial charge in [-0.3, -0.25) is 4.57 Å². The van der Waals surface area contributed by atoms with Crippen LogP contribution in [0.1, 0.15) is 25.0 Å². The smallest absolute Gasteiger partial charge is 0.162 e. The molecule has 55 heavy (non-hydrogen) atoms. The topological polar surface area (TPSA) is 30.7 Å². The number of aromatic nitrogens is 3. The fourth-order valence-corrected chi connectivity index (χ4v) is 10.4. The zero-order valence-corrected chi connectivity index (χ0v) is 31.2. The first-order valence-corrected chi connectivity index (χ1v) is 19.7. The van der Waals surface area contributed by atoms with E-state index in [0.29, 0.717) is 0 Å². The van der Waals surface area contributed by atoms with Crippen molar-refractivity contribution >= 4 is 75.0 Å². The van der Waals surface area contributed by atoms with Gasteiger partial charge in [0.15, 0.2) is 5.82 Å². The number of para-hydroxylation sites is 1. The minimum absolute atomic E-state index is 0.0631. The highest BCUT2D eigenvalue weighted by Crippen LogP contribution is 2.50. The van der Waals surface area contributed by atoms with E-state index in [1.165, 1.54) is 75.1 Å². The average Bonchev–Trinajstić information content (AvgIpc) is 3.84. The molecule has 1 aliphatic rings. The number of thiophene rings is 1. The van der Waals surface area contributed by atoms with Crippen molar-refractivity contribution in [2.75, 3.05) is 0 Å². The number of fused-ring (bicyclic) bond motifs is 11. The molecular weight excluding hydrogens is 687 g/mol. The molecule has 0 atom stereocenters. The molecule has 3 heterocycles.